The number of benzene rings is 2. The highest BCUT2D eigenvalue weighted by Gasteiger charge is 2.11. The number of anilines is 1. The second-order valence-electron chi connectivity index (χ2n) is 5.76. The van der Waals surface area contributed by atoms with Gasteiger partial charge in [0.15, 0.2) is 5.96 Å². The Kier molecular flexibility index (Phi) is 8.53. The van der Waals surface area contributed by atoms with E-state index >= 15 is 0 Å². The van der Waals surface area contributed by atoms with Gasteiger partial charge >= 0.3 is 5.97 Å². The molecule has 0 radical (unpaired) electrons. The van der Waals surface area contributed by atoms with Gasteiger partial charge in [0.05, 0.1) is 6.61 Å². The fourth-order valence-electron chi connectivity index (χ4n) is 2.39. The molecular formula is C21H22IN3O4. The largest absolute Gasteiger partial charge is 0.460 e. The smallest absolute Gasteiger partial charge is 0.374 e. The van der Waals surface area contributed by atoms with Crippen LogP contribution in [0.4, 0.5) is 5.69 Å². The van der Waals surface area contributed by atoms with Crippen LogP contribution in [0.25, 0.3) is 0 Å². The number of carbonyl (C=O) groups excluding carboxylic acids is 1. The van der Waals surface area contributed by atoms with E-state index in [1.165, 1.54) is 0 Å². The van der Waals surface area contributed by atoms with Crippen molar-refractivity contribution in [1.29, 1.82) is 0 Å². The summed E-state index contributed by atoms with van der Waals surface area (Å²) in [5.74, 6) is 1.79. The van der Waals surface area contributed by atoms with Crippen molar-refractivity contribution in [3.8, 4) is 11.5 Å². The standard InChI is InChI=1S/C21H21N3O4.HI/c1-2-26-20(25)19-12-11-18(28-19)14-23-21(22)24-15-7-6-10-17(13-15)27-16-8-4-3-5-9-16;/h3-13H,2,14H2,1H3,(H3,22,23,24);1H. The molecule has 0 fully saturated rings. The van der Waals surface area contributed by atoms with Gasteiger partial charge in [0.25, 0.3) is 0 Å². The highest BCUT2D eigenvalue weighted by atomic mass is 127. The van der Waals surface area contributed by atoms with Crippen molar-refractivity contribution in [2.24, 2.45) is 10.7 Å². The zero-order chi connectivity index (χ0) is 19.8. The van der Waals surface area contributed by atoms with Gasteiger partial charge in [-0.15, -0.1) is 24.0 Å². The first-order valence-corrected chi connectivity index (χ1v) is 8.80. The fourth-order valence-corrected chi connectivity index (χ4v) is 2.39. The minimum atomic E-state index is -0.501. The molecule has 1 heterocycles. The Balaban J connectivity index is 0.00000300. The number of furan rings is 1. The number of carbonyl (C=O) groups is 1. The van der Waals surface area contributed by atoms with Gasteiger partial charge in [-0.2, -0.15) is 0 Å². The number of esters is 1. The number of hydrogen-bond acceptors (Lipinski definition) is 5. The van der Waals surface area contributed by atoms with Gasteiger partial charge in [-0.3, -0.25) is 0 Å². The average molecular weight is 507 g/mol. The van der Waals surface area contributed by atoms with Gasteiger partial charge < -0.3 is 24.9 Å². The van der Waals surface area contributed by atoms with E-state index in [0.29, 0.717) is 11.5 Å². The van der Waals surface area contributed by atoms with E-state index in [1.54, 1.807) is 19.1 Å². The van der Waals surface area contributed by atoms with E-state index in [4.69, 9.17) is 19.6 Å². The third kappa shape index (κ3) is 6.83. The van der Waals surface area contributed by atoms with E-state index in [2.05, 4.69) is 10.3 Å². The van der Waals surface area contributed by atoms with Crippen LogP contribution in [-0.2, 0) is 11.3 Å². The molecule has 1 aromatic heterocycles. The Hall–Kier alpha value is -3.01. The first-order valence-electron chi connectivity index (χ1n) is 8.80. The maximum atomic E-state index is 11.6. The molecular weight excluding hydrogens is 485 g/mol. The Morgan fingerprint density at radius 1 is 1.07 bits per heavy atom. The molecule has 7 nitrogen and oxygen atoms in total. The highest BCUT2D eigenvalue weighted by molar-refractivity contribution is 14.0. The lowest BCUT2D eigenvalue weighted by atomic mass is 10.3. The number of halogens is 1. The lowest BCUT2D eigenvalue weighted by molar-refractivity contribution is 0.0488. The van der Waals surface area contributed by atoms with E-state index < -0.39 is 5.97 Å². The van der Waals surface area contributed by atoms with Crippen LogP contribution in [0.3, 0.4) is 0 Å². The first-order chi connectivity index (χ1) is 13.6. The van der Waals surface area contributed by atoms with Gasteiger partial charge in [-0.05, 0) is 43.3 Å². The molecule has 0 saturated heterocycles. The molecule has 3 aromatic rings. The van der Waals surface area contributed by atoms with Crippen LogP contribution >= 0.6 is 24.0 Å². The van der Waals surface area contributed by atoms with Crippen molar-refractivity contribution in [2.45, 2.75) is 13.5 Å². The lowest BCUT2D eigenvalue weighted by Crippen LogP contribution is -2.22. The Bertz CT molecular complexity index is 957. The van der Waals surface area contributed by atoms with Crippen LogP contribution in [0.2, 0.25) is 0 Å². The van der Waals surface area contributed by atoms with Gasteiger partial charge in [0.1, 0.15) is 23.8 Å². The third-order valence-electron chi connectivity index (χ3n) is 3.63. The van der Waals surface area contributed by atoms with Crippen molar-refractivity contribution < 1.29 is 18.7 Å². The van der Waals surface area contributed by atoms with Crippen LogP contribution in [-0.4, -0.2) is 18.5 Å². The van der Waals surface area contributed by atoms with E-state index in [1.807, 2.05) is 54.6 Å². The number of rotatable bonds is 7. The molecule has 3 rings (SSSR count). The summed E-state index contributed by atoms with van der Waals surface area (Å²) in [5.41, 5.74) is 6.67. The van der Waals surface area contributed by atoms with Crippen molar-refractivity contribution in [3.63, 3.8) is 0 Å². The number of ether oxygens (including phenoxy) is 2. The number of guanidine groups is 1. The molecule has 0 saturated carbocycles. The minimum Gasteiger partial charge on any atom is -0.460 e. The Morgan fingerprint density at radius 3 is 2.59 bits per heavy atom. The summed E-state index contributed by atoms with van der Waals surface area (Å²) in [5, 5.41) is 3.00. The van der Waals surface area contributed by atoms with Crippen molar-refractivity contribution in [2.75, 3.05) is 11.9 Å². The molecule has 0 aliphatic heterocycles. The molecule has 0 aliphatic carbocycles. The highest BCUT2D eigenvalue weighted by Crippen LogP contribution is 2.23. The van der Waals surface area contributed by atoms with Crippen molar-refractivity contribution >= 4 is 41.6 Å². The number of aliphatic imine (C=N–C) groups is 1. The maximum absolute atomic E-state index is 11.6. The summed E-state index contributed by atoms with van der Waals surface area (Å²) < 4.78 is 16.1. The summed E-state index contributed by atoms with van der Waals surface area (Å²) in [6, 6.07) is 20.1. The lowest BCUT2D eigenvalue weighted by Gasteiger charge is -2.09. The van der Waals surface area contributed by atoms with Gasteiger partial charge in [-0.1, -0.05) is 24.3 Å². The fraction of sp³-hybridized carbons (Fsp3) is 0.143. The molecule has 2 aromatic carbocycles. The van der Waals surface area contributed by atoms with Crippen LogP contribution in [0.1, 0.15) is 23.2 Å². The van der Waals surface area contributed by atoms with Gasteiger partial charge in [0.2, 0.25) is 5.76 Å². The molecule has 3 N–H and O–H groups in total. The summed E-state index contributed by atoms with van der Waals surface area (Å²) in [7, 11) is 0. The summed E-state index contributed by atoms with van der Waals surface area (Å²) in [6.07, 6.45) is 0. The zero-order valence-electron chi connectivity index (χ0n) is 15.8. The van der Waals surface area contributed by atoms with Crippen molar-refractivity contribution in [1.82, 2.24) is 0 Å². The van der Waals surface area contributed by atoms with Crippen LogP contribution in [0.15, 0.2) is 76.1 Å². The number of para-hydroxylation sites is 1. The second kappa shape index (κ2) is 11.1. The van der Waals surface area contributed by atoms with Crippen LogP contribution < -0.4 is 15.8 Å². The molecule has 0 aliphatic rings. The molecule has 0 amide bonds. The molecule has 8 heteroatoms. The monoisotopic (exact) mass is 507 g/mol. The van der Waals surface area contributed by atoms with Gasteiger partial charge in [0, 0.05) is 11.8 Å². The predicted molar refractivity (Wildman–Crippen MR) is 122 cm³/mol. The van der Waals surface area contributed by atoms with Gasteiger partial charge in [-0.25, -0.2) is 9.79 Å². The molecule has 0 spiro atoms. The minimum absolute atomic E-state index is 0. The summed E-state index contributed by atoms with van der Waals surface area (Å²) >= 11 is 0. The molecule has 29 heavy (non-hydrogen) atoms. The topological polar surface area (TPSA) is 99.1 Å². The second-order valence-corrected chi connectivity index (χ2v) is 5.76. The number of nitrogens with one attached hydrogen (secondary N) is 1. The molecule has 0 atom stereocenters. The van der Waals surface area contributed by atoms with E-state index in [0.717, 1.165) is 11.4 Å². The van der Waals surface area contributed by atoms with Crippen LogP contribution in [0, 0.1) is 0 Å². The quantitative estimate of drug-likeness (QED) is 0.207. The predicted octanol–water partition coefficient (Wildman–Crippen LogP) is 4.79. The SMILES string of the molecule is CCOC(=O)c1ccc(CN=C(N)Nc2cccc(Oc3ccccc3)c2)o1.I. The summed E-state index contributed by atoms with van der Waals surface area (Å²) in [6.45, 7) is 2.22. The molecule has 0 bridgehead atoms. The maximum Gasteiger partial charge on any atom is 0.374 e. The number of hydrogen-bond donors (Lipinski definition) is 2. The number of nitrogens with zero attached hydrogens (tertiary/aromatic N) is 1. The third-order valence-corrected chi connectivity index (χ3v) is 3.63. The summed E-state index contributed by atoms with van der Waals surface area (Å²) in [4.78, 5) is 15.8. The zero-order valence-corrected chi connectivity index (χ0v) is 18.2. The van der Waals surface area contributed by atoms with E-state index in [-0.39, 0.29) is 48.8 Å². The van der Waals surface area contributed by atoms with Crippen LogP contribution in [0.5, 0.6) is 11.5 Å². The normalized spacial score (nSPS) is 10.7. The Labute approximate surface area is 185 Å². The molecule has 152 valence electrons. The van der Waals surface area contributed by atoms with E-state index in [9.17, 15) is 4.79 Å². The first kappa shape index (κ1) is 22.3. The Morgan fingerprint density at radius 2 is 1.83 bits per heavy atom. The van der Waals surface area contributed by atoms with Crippen molar-refractivity contribution in [3.05, 3.63) is 78.3 Å². The number of nitrogens with two attached hydrogens (primary N) is 1. The molecule has 0 unspecified atom stereocenters. The average Bonchev–Trinajstić information content (AvgIpc) is 3.17.